The molecule has 2 aromatic heterocycles. The number of anilines is 1. The highest BCUT2D eigenvalue weighted by Gasteiger charge is 2.22. The first-order chi connectivity index (χ1) is 17.0. The number of pyridine rings is 1. The van der Waals surface area contributed by atoms with Crippen molar-refractivity contribution in [2.24, 2.45) is 0 Å². The molecule has 1 aliphatic rings. The molecule has 5 rings (SSSR count). The Bertz CT molecular complexity index is 1490. The first-order valence-electron chi connectivity index (χ1n) is 10.6. The summed E-state index contributed by atoms with van der Waals surface area (Å²) in [7, 11) is 3.11. The molecule has 35 heavy (non-hydrogen) atoms. The van der Waals surface area contributed by atoms with Crippen LogP contribution in [0.15, 0.2) is 54.9 Å². The topological polar surface area (TPSA) is 107 Å². The van der Waals surface area contributed by atoms with E-state index in [1.165, 1.54) is 11.3 Å². The van der Waals surface area contributed by atoms with E-state index in [2.05, 4.69) is 10.3 Å². The molecule has 0 saturated carbocycles. The Morgan fingerprint density at radius 1 is 1.09 bits per heavy atom. The van der Waals surface area contributed by atoms with E-state index in [-0.39, 0.29) is 17.9 Å². The number of benzene rings is 2. The number of thiophene rings is 1. The van der Waals surface area contributed by atoms with Crippen LogP contribution in [0.5, 0.6) is 23.0 Å². The molecule has 0 unspecified atom stereocenters. The first-order valence-corrected chi connectivity index (χ1v) is 11.4. The van der Waals surface area contributed by atoms with Crippen LogP contribution in [0, 0.1) is 0 Å². The summed E-state index contributed by atoms with van der Waals surface area (Å²) >= 11 is 1.38. The van der Waals surface area contributed by atoms with Crippen molar-refractivity contribution in [2.75, 3.05) is 19.5 Å². The van der Waals surface area contributed by atoms with Crippen molar-refractivity contribution in [2.45, 2.75) is 6.42 Å². The lowest BCUT2D eigenvalue weighted by Crippen LogP contribution is -2.03. The number of aromatic nitrogens is 1. The van der Waals surface area contributed by atoms with E-state index in [1.54, 1.807) is 57.0 Å². The van der Waals surface area contributed by atoms with Crippen LogP contribution >= 0.6 is 11.3 Å². The molecular weight excluding hydrogens is 468 g/mol. The van der Waals surface area contributed by atoms with Crippen molar-refractivity contribution in [1.29, 1.82) is 0 Å². The number of fused-ring (bicyclic) bond motifs is 2. The van der Waals surface area contributed by atoms with Gasteiger partial charge >= 0.3 is 5.97 Å². The van der Waals surface area contributed by atoms with Gasteiger partial charge in [-0.1, -0.05) is 0 Å². The maximum atomic E-state index is 12.1. The minimum atomic E-state index is -1.07. The molecule has 8 nitrogen and oxygen atoms in total. The van der Waals surface area contributed by atoms with Crippen LogP contribution in [0.1, 0.15) is 16.0 Å². The lowest BCUT2D eigenvalue weighted by molar-refractivity contribution is -0.130. The second-order valence-corrected chi connectivity index (χ2v) is 8.83. The highest BCUT2D eigenvalue weighted by Crippen LogP contribution is 2.46. The SMILES string of the molecule is COc1cc2sc(C=C(C(=O)O)c3ccncc3)c(Oc3ccc4c(c3)CC(=O)N4)c2cc1OC. The maximum Gasteiger partial charge on any atom is 0.336 e. The van der Waals surface area contributed by atoms with Gasteiger partial charge < -0.3 is 24.6 Å². The normalized spacial score (nSPS) is 12.9. The van der Waals surface area contributed by atoms with Crippen LogP contribution in [-0.2, 0) is 16.0 Å². The number of carbonyl (C=O) groups is 2. The zero-order valence-corrected chi connectivity index (χ0v) is 19.6. The number of hydrogen-bond acceptors (Lipinski definition) is 7. The molecule has 176 valence electrons. The summed E-state index contributed by atoms with van der Waals surface area (Å²) in [6.07, 6.45) is 4.96. The number of carboxylic acid groups (broad SMARTS) is 1. The predicted molar refractivity (Wildman–Crippen MR) is 134 cm³/mol. The Hall–Kier alpha value is -4.37. The van der Waals surface area contributed by atoms with Crippen LogP contribution in [0.2, 0.25) is 0 Å². The van der Waals surface area contributed by atoms with Gasteiger partial charge in [-0.25, -0.2) is 4.79 Å². The summed E-state index contributed by atoms with van der Waals surface area (Å²) in [6.45, 7) is 0. The molecule has 9 heteroatoms. The van der Waals surface area contributed by atoms with E-state index in [0.29, 0.717) is 33.4 Å². The van der Waals surface area contributed by atoms with Crippen LogP contribution in [0.25, 0.3) is 21.7 Å². The predicted octanol–water partition coefficient (Wildman–Crippen LogP) is 5.23. The van der Waals surface area contributed by atoms with Crippen molar-refractivity contribution in [1.82, 2.24) is 4.98 Å². The molecule has 0 saturated heterocycles. The fraction of sp³-hybridized carbons (Fsp3) is 0.115. The quantitative estimate of drug-likeness (QED) is 0.343. The van der Waals surface area contributed by atoms with E-state index in [4.69, 9.17) is 14.2 Å². The highest BCUT2D eigenvalue weighted by molar-refractivity contribution is 7.20. The van der Waals surface area contributed by atoms with Crippen molar-refractivity contribution < 1.29 is 28.9 Å². The molecule has 1 aliphatic heterocycles. The van der Waals surface area contributed by atoms with Gasteiger partial charge in [-0.3, -0.25) is 9.78 Å². The van der Waals surface area contributed by atoms with E-state index in [1.807, 2.05) is 18.2 Å². The molecule has 0 spiro atoms. The van der Waals surface area contributed by atoms with Gasteiger partial charge in [0.05, 0.1) is 31.1 Å². The summed E-state index contributed by atoms with van der Waals surface area (Å²) in [5.41, 5.74) is 2.22. The number of carbonyl (C=O) groups excluding carboxylic acids is 1. The number of methoxy groups -OCH3 is 2. The fourth-order valence-corrected chi connectivity index (χ4v) is 5.02. The lowest BCUT2D eigenvalue weighted by Gasteiger charge is -2.10. The standard InChI is InChI=1S/C26H20N2O6S/c1-32-20-11-18-22(13-21(20)33-2)35-23(12-17(26(30)31)14-5-7-27-8-6-14)25(18)34-16-3-4-19-15(9-16)10-24(29)28-19/h3-9,11-13H,10H2,1-2H3,(H,28,29)(H,30,31). The van der Waals surface area contributed by atoms with Crippen molar-refractivity contribution in [3.05, 3.63) is 70.9 Å². The molecule has 1 amide bonds. The molecule has 4 aromatic rings. The third-order valence-electron chi connectivity index (χ3n) is 5.59. The second kappa shape index (κ2) is 9.11. The van der Waals surface area contributed by atoms with Gasteiger partial charge in [0, 0.05) is 34.2 Å². The molecule has 0 radical (unpaired) electrons. The van der Waals surface area contributed by atoms with Gasteiger partial charge in [0.25, 0.3) is 0 Å². The number of hydrogen-bond donors (Lipinski definition) is 2. The minimum Gasteiger partial charge on any atom is -0.493 e. The van der Waals surface area contributed by atoms with E-state index < -0.39 is 5.97 Å². The molecule has 2 N–H and O–H groups in total. The Morgan fingerprint density at radius 2 is 1.83 bits per heavy atom. The monoisotopic (exact) mass is 488 g/mol. The highest BCUT2D eigenvalue weighted by atomic mass is 32.1. The number of nitrogens with one attached hydrogen (secondary N) is 1. The number of amides is 1. The van der Waals surface area contributed by atoms with Gasteiger partial charge in [0.2, 0.25) is 5.91 Å². The molecule has 0 atom stereocenters. The number of aliphatic carboxylic acids is 1. The number of nitrogens with zero attached hydrogens (tertiary/aromatic N) is 1. The zero-order valence-electron chi connectivity index (χ0n) is 18.8. The summed E-state index contributed by atoms with van der Waals surface area (Å²) in [5.74, 6) is 0.952. The molecular formula is C26H20N2O6S. The lowest BCUT2D eigenvalue weighted by atomic mass is 10.1. The zero-order chi connectivity index (χ0) is 24.5. The van der Waals surface area contributed by atoms with E-state index in [0.717, 1.165) is 21.3 Å². The van der Waals surface area contributed by atoms with Gasteiger partial charge in [-0.05, 0) is 53.6 Å². The molecule has 0 bridgehead atoms. The van der Waals surface area contributed by atoms with Gasteiger partial charge in [0.1, 0.15) is 5.75 Å². The maximum absolute atomic E-state index is 12.1. The van der Waals surface area contributed by atoms with Crippen LogP contribution in [-0.4, -0.2) is 36.2 Å². The average Bonchev–Trinajstić information content (AvgIpc) is 3.40. The van der Waals surface area contributed by atoms with Crippen LogP contribution in [0.3, 0.4) is 0 Å². The first kappa shape index (κ1) is 22.4. The van der Waals surface area contributed by atoms with Gasteiger partial charge in [-0.2, -0.15) is 0 Å². The van der Waals surface area contributed by atoms with E-state index >= 15 is 0 Å². The third-order valence-corrected chi connectivity index (χ3v) is 6.67. The molecule has 0 aliphatic carbocycles. The number of carboxylic acids is 1. The van der Waals surface area contributed by atoms with Crippen LogP contribution < -0.4 is 19.5 Å². The molecule has 2 aromatic carbocycles. The van der Waals surface area contributed by atoms with Gasteiger partial charge in [0.15, 0.2) is 17.2 Å². The largest absolute Gasteiger partial charge is 0.493 e. The summed E-state index contributed by atoms with van der Waals surface area (Å²) in [6, 6.07) is 12.3. The van der Waals surface area contributed by atoms with Gasteiger partial charge in [-0.15, -0.1) is 11.3 Å². The molecule has 3 heterocycles. The minimum absolute atomic E-state index is 0.0676. The number of rotatable bonds is 7. The van der Waals surface area contributed by atoms with Crippen LogP contribution in [0.4, 0.5) is 5.69 Å². The van der Waals surface area contributed by atoms with Crippen molar-refractivity contribution in [3.63, 3.8) is 0 Å². The smallest absolute Gasteiger partial charge is 0.336 e. The summed E-state index contributed by atoms with van der Waals surface area (Å²) < 4.78 is 18.1. The Balaban J connectivity index is 1.68. The Labute approximate surface area is 204 Å². The average molecular weight is 489 g/mol. The second-order valence-electron chi connectivity index (χ2n) is 7.74. The summed E-state index contributed by atoms with van der Waals surface area (Å²) in [4.78, 5) is 28.5. The van der Waals surface area contributed by atoms with Crippen molar-refractivity contribution >= 4 is 50.6 Å². The Kier molecular flexibility index (Phi) is 5.84. The van der Waals surface area contributed by atoms with E-state index in [9.17, 15) is 14.7 Å². The molecule has 0 fully saturated rings. The third kappa shape index (κ3) is 4.29. The summed E-state index contributed by atoms with van der Waals surface area (Å²) in [5, 5.41) is 13.5. The van der Waals surface area contributed by atoms with Crippen molar-refractivity contribution in [3.8, 4) is 23.0 Å². The fourth-order valence-electron chi connectivity index (χ4n) is 3.94. The number of ether oxygens (including phenoxy) is 3. The Morgan fingerprint density at radius 3 is 2.54 bits per heavy atom.